The predicted molar refractivity (Wildman–Crippen MR) is 105 cm³/mol. The molecule has 9 nitrogen and oxygen atoms in total. The molecule has 1 saturated heterocycles. The molecule has 160 valence electrons. The SMILES string of the molecule is COC(=O)CNC[C@@H]1C[C@@](Oc2cnc(C3CC3)cn2)(C(C)(C)C)CN1C(=O)O. The molecular weight excluding hydrogens is 376 g/mol. The van der Waals surface area contributed by atoms with Gasteiger partial charge in [0.1, 0.15) is 5.60 Å². The molecule has 1 amide bonds. The minimum absolute atomic E-state index is 0.0257. The van der Waals surface area contributed by atoms with Gasteiger partial charge in [0.25, 0.3) is 0 Å². The number of carbonyl (C=O) groups excluding carboxylic acids is 1. The van der Waals surface area contributed by atoms with Crippen molar-refractivity contribution in [2.45, 2.75) is 57.6 Å². The number of nitrogens with zero attached hydrogens (tertiary/aromatic N) is 3. The highest BCUT2D eigenvalue weighted by molar-refractivity contribution is 5.71. The molecule has 1 aromatic heterocycles. The lowest BCUT2D eigenvalue weighted by Crippen LogP contribution is -2.51. The van der Waals surface area contributed by atoms with E-state index in [-0.39, 0.29) is 24.5 Å². The average molecular weight is 406 g/mol. The van der Waals surface area contributed by atoms with Crippen molar-refractivity contribution in [3.05, 3.63) is 18.1 Å². The fourth-order valence-corrected chi connectivity index (χ4v) is 3.72. The number of carbonyl (C=O) groups is 2. The second-order valence-electron chi connectivity index (χ2n) is 8.88. The Kier molecular flexibility index (Phi) is 5.97. The molecule has 29 heavy (non-hydrogen) atoms. The first-order chi connectivity index (χ1) is 13.6. The predicted octanol–water partition coefficient (Wildman–Crippen LogP) is 2.03. The fourth-order valence-electron chi connectivity index (χ4n) is 3.72. The molecule has 1 aliphatic heterocycles. The molecule has 2 fully saturated rings. The van der Waals surface area contributed by atoms with E-state index in [9.17, 15) is 14.7 Å². The fraction of sp³-hybridized carbons (Fsp3) is 0.700. The van der Waals surface area contributed by atoms with Crippen molar-refractivity contribution in [1.82, 2.24) is 20.2 Å². The number of carboxylic acid groups (broad SMARTS) is 1. The van der Waals surface area contributed by atoms with Crippen molar-refractivity contribution in [2.75, 3.05) is 26.7 Å². The molecule has 2 aliphatic rings. The number of esters is 1. The van der Waals surface area contributed by atoms with Crippen LogP contribution in [0.1, 0.15) is 51.6 Å². The number of hydrogen-bond acceptors (Lipinski definition) is 7. The topological polar surface area (TPSA) is 114 Å². The molecule has 2 N–H and O–H groups in total. The van der Waals surface area contributed by atoms with E-state index in [2.05, 4.69) is 20.0 Å². The second kappa shape index (κ2) is 8.14. The molecule has 1 aromatic rings. The molecule has 1 saturated carbocycles. The summed E-state index contributed by atoms with van der Waals surface area (Å²) in [7, 11) is 1.32. The number of nitrogens with one attached hydrogen (secondary N) is 1. The average Bonchev–Trinajstić information content (AvgIpc) is 3.43. The largest absolute Gasteiger partial charge is 0.468 e. The highest BCUT2D eigenvalue weighted by Crippen LogP contribution is 2.44. The summed E-state index contributed by atoms with van der Waals surface area (Å²) in [6.07, 6.45) is 5.14. The van der Waals surface area contributed by atoms with Crippen LogP contribution >= 0.6 is 0 Å². The minimum atomic E-state index is -1.01. The van der Waals surface area contributed by atoms with E-state index < -0.39 is 17.7 Å². The number of ether oxygens (including phenoxy) is 2. The molecule has 2 heterocycles. The highest BCUT2D eigenvalue weighted by Gasteiger charge is 2.54. The van der Waals surface area contributed by atoms with Crippen molar-refractivity contribution >= 4 is 12.1 Å². The molecule has 0 spiro atoms. The van der Waals surface area contributed by atoms with Crippen molar-refractivity contribution in [3.63, 3.8) is 0 Å². The van der Waals surface area contributed by atoms with Gasteiger partial charge in [0.05, 0.1) is 44.3 Å². The van der Waals surface area contributed by atoms with Gasteiger partial charge < -0.3 is 19.9 Å². The quantitative estimate of drug-likeness (QED) is 0.661. The summed E-state index contributed by atoms with van der Waals surface area (Å²) < 4.78 is 11.0. The lowest BCUT2D eigenvalue weighted by molar-refractivity contribution is -0.139. The molecule has 0 bridgehead atoms. The van der Waals surface area contributed by atoms with E-state index in [4.69, 9.17) is 4.74 Å². The Balaban J connectivity index is 1.77. The number of methoxy groups -OCH3 is 1. The molecule has 0 unspecified atom stereocenters. The number of aromatic nitrogens is 2. The van der Waals surface area contributed by atoms with Crippen molar-refractivity contribution in [3.8, 4) is 5.88 Å². The number of likely N-dealkylation sites (tertiary alicyclic amines) is 1. The third-order valence-corrected chi connectivity index (χ3v) is 5.87. The van der Waals surface area contributed by atoms with Crippen LogP contribution < -0.4 is 10.1 Å². The summed E-state index contributed by atoms with van der Waals surface area (Å²) in [5, 5.41) is 12.7. The van der Waals surface area contributed by atoms with Gasteiger partial charge in [0.15, 0.2) is 0 Å². The Hall–Kier alpha value is -2.42. The summed E-state index contributed by atoms with van der Waals surface area (Å²) in [4.78, 5) is 33.5. The zero-order chi connectivity index (χ0) is 21.2. The van der Waals surface area contributed by atoms with Gasteiger partial charge in [-0.05, 0) is 12.8 Å². The molecular formula is C20H30N4O5. The summed E-state index contributed by atoms with van der Waals surface area (Å²) in [6, 6.07) is -0.338. The maximum absolute atomic E-state index is 11.9. The van der Waals surface area contributed by atoms with Crippen LogP contribution in [0, 0.1) is 5.41 Å². The first-order valence-corrected chi connectivity index (χ1v) is 9.93. The minimum Gasteiger partial charge on any atom is -0.468 e. The van der Waals surface area contributed by atoms with Gasteiger partial charge >= 0.3 is 12.1 Å². The third-order valence-electron chi connectivity index (χ3n) is 5.87. The Labute approximate surface area is 170 Å². The Morgan fingerprint density at radius 1 is 1.31 bits per heavy atom. The third kappa shape index (κ3) is 4.77. The monoisotopic (exact) mass is 406 g/mol. The summed E-state index contributed by atoms with van der Waals surface area (Å²) in [5.74, 6) is 0.513. The van der Waals surface area contributed by atoms with Crippen LogP contribution in [0.4, 0.5) is 4.79 Å². The van der Waals surface area contributed by atoms with E-state index in [0.717, 1.165) is 18.5 Å². The van der Waals surface area contributed by atoms with Gasteiger partial charge in [-0.15, -0.1) is 0 Å². The van der Waals surface area contributed by atoms with E-state index in [1.807, 2.05) is 20.8 Å². The van der Waals surface area contributed by atoms with Crippen molar-refractivity contribution < 1.29 is 24.2 Å². The Bertz CT molecular complexity index is 744. The number of hydrogen-bond donors (Lipinski definition) is 2. The lowest BCUT2D eigenvalue weighted by Gasteiger charge is -2.41. The van der Waals surface area contributed by atoms with Crippen LogP contribution in [0.15, 0.2) is 12.4 Å². The molecule has 9 heteroatoms. The maximum atomic E-state index is 11.9. The number of rotatable bonds is 7. The molecule has 1 aliphatic carbocycles. The van der Waals surface area contributed by atoms with Crippen molar-refractivity contribution in [2.24, 2.45) is 5.41 Å². The van der Waals surface area contributed by atoms with Crippen LogP contribution in [0.3, 0.4) is 0 Å². The Morgan fingerprint density at radius 3 is 2.55 bits per heavy atom. The lowest BCUT2D eigenvalue weighted by atomic mass is 9.74. The first kappa shape index (κ1) is 21.3. The van der Waals surface area contributed by atoms with E-state index in [1.165, 1.54) is 12.0 Å². The zero-order valence-corrected chi connectivity index (χ0v) is 17.5. The van der Waals surface area contributed by atoms with Crippen LogP contribution in [-0.4, -0.2) is 70.4 Å². The van der Waals surface area contributed by atoms with Gasteiger partial charge in [-0.2, -0.15) is 0 Å². The highest BCUT2D eigenvalue weighted by atomic mass is 16.5. The zero-order valence-electron chi connectivity index (χ0n) is 17.5. The number of amides is 1. The smallest absolute Gasteiger partial charge is 0.407 e. The molecule has 3 rings (SSSR count). The normalized spacial score (nSPS) is 24.4. The first-order valence-electron chi connectivity index (χ1n) is 9.93. The van der Waals surface area contributed by atoms with E-state index in [0.29, 0.717) is 24.8 Å². The van der Waals surface area contributed by atoms with Gasteiger partial charge in [-0.25, -0.2) is 9.78 Å². The van der Waals surface area contributed by atoms with Crippen LogP contribution in [0.2, 0.25) is 0 Å². The standard InChI is InChI=1S/C20H30N4O5/c1-19(2,3)20(29-16-10-22-15(9-23-16)13-5-6-13)7-14(24(12-20)18(26)27)8-21-11-17(25)28-4/h9-10,13-14,21H,5-8,11-12H2,1-4H3,(H,26,27)/t14-,20-/m0/s1. The van der Waals surface area contributed by atoms with E-state index >= 15 is 0 Å². The van der Waals surface area contributed by atoms with Crippen LogP contribution in [0.25, 0.3) is 0 Å². The molecule has 2 atom stereocenters. The molecule has 0 aromatic carbocycles. The maximum Gasteiger partial charge on any atom is 0.407 e. The Morgan fingerprint density at radius 2 is 2.03 bits per heavy atom. The van der Waals surface area contributed by atoms with Crippen LogP contribution in [0.5, 0.6) is 5.88 Å². The van der Waals surface area contributed by atoms with E-state index in [1.54, 1.807) is 12.4 Å². The van der Waals surface area contributed by atoms with Gasteiger partial charge in [0.2, 0.25) is 5.88 Å². The van der Waals surface area contributed by atoms with Gasteiger partial charge in [0, 0.05) is 24.3 Å². The second-order valence-corrected chi connectivity index (χ2v) is 8.88. The van der Waals surface area contributed by atoms with Crippen LogP contribution in [-0.2, 0) is 9.53 Å². The van der Waals surface area contributed by atoms with Gasteiger partial charge in [-0.3, -0.25) is 14.7 Å². The van der Waals surface area contributed by atoms with Crippen molar-refractivity contribution in [1.29, 1.82) is 0 Å². The summed E-state index contributed by atoms with van der Waals surface area (Å²) in [6.45, 7) is 6.66. The summed E-state index contributed by atoms with van der Waals surface area (Å²) in [5.41, 5.74) is -0.140. The molecule has 0 radical (unpaired) electrons. The summed E-state index contributed by atoms with van der Waals surface area (Å²) >= 11 is 0. The van der Waals surface area contributed by atoms with Gasteiger partial charge in [-0.1, -0.05) is 20.8 Å².